The third-order valence-electron chi connectivity index (χ3n) is 3.25. The normalized spacial score (nSPS) is 10.6. The smallest absolute Gasteiger partial charge is 0.251 e. The molecule has 0 spiro atoms. The molecule has 2 N–H and O–H groups in total. The number of aryl methyl sites for hydroxylation is 1. The van der Waals surface area contributed by atoms with E-state index in [-0.39, 0.29) is 31.0 Å². The summed E-state index contributed by atoms with van der Waals surface area (Å²) in [5.41, 5.74) is 0.447. The molecule has 0 bridgehead atoms. The highest BCUT2D eigenvalue weighted by Crippen LogP contribution is 2.13. The largest absolute Gasteiger partial charge is 0.486 e. The molecule has 0 radical (unpaired) electrons. The Morgan fingerprint density at radius 1 is 1.24 bits per heavy atom. The summed E-state index contributed by atoms with van der Waals surface area (Å²) < 4.78 is 7.25. The summed E-state index contributed by atoms with van der Waals surface area (Å²) in [6.07, 6.45) is 0. The Labute approximate surface area is 145 Å². The lowest BCUT2D eigenvalue weighted by Crippen LogP contribution is -2.39. The van der Waals surface area contributed by atoms with Crippen LogP contribution < -0.4 is 15.4 Å². The van der Waals surface area contributed by atoms with Gasteiger partial charge >= 0.3 is 0 Å². The molecule has 2 aromatic rings. The number of nitrogens with zero attached hydrogens (tertiary/aromatic N) is 4. The molecule has 0 aliphatic heterocycles. The molecule has 0 aliphatic rings. The lowest BCUT2D eigenvalue weighted by Gasteiger charge is -2.10. The van der Waals surface area contributed by atoms with Crippen LogP contribution in [0, 0.1) is 0 Å². The Bertz CT molecular complexity index is 711. The highest BCUT2D eigenvalue weighted by molar-refractivity contribution is 5.96. The lowest BCUT2D eigenvalue weighted by molar-refractivity contribution is -0.120. The molecule has 0 aliphatic carbocycles. The summed E-state index contributed by atoms with van der Waals surface area (Å²) in [5, 5.41) is 16.6. The number of ether oxygens (including phenoxy) is 1. The second kappa shape index (κ2) is 8.76. The zero-order valence-corrected chi connectivity index (χ0v) is 14.5. The first-order valence-electron chi connectivity index (χ1n) is 8.05. The standard InChI is InChI=1S/C16H22N6O3/c1-4-22-14(19-20-21-22)10-25-13-7-5-12(6-8-13)16(24)17-9-15(23)18-11(2)3/h5-8,11H,4,9-10H2,1-3H3,(H,17,24)(H,18,23). The van der Waals surface area contributed by atoms with E-state index in [1.54, 1.807) is 28.9 Å². The van der Waals surface area contributed by atoms with Gasteiger partial charge in [-0.15, -0.1) is 5.10 Å². The first-order chi connectivity index (χ1) is 12.0. The van der Waals surface area contributed by atoms with Crippen LogP contribution in [-0.4, -0.2) is 44.6 Å². The van der Waals surface area contributed by atoms with E-state index in [0.29, 0.717) is 23.7 Å². The Balaban J connectivity index is 1.84. The van der Waals surface area contributed by atoms with Crippen molar-refractivity contribution in [1.29, 1.82) is 0 Å². The maximum Gasteiger partial charge on any atom is 0.251 e. The number of carbonyl (C=O) groups excluding carboxylic acids is 2. The second-order valence-corrected chi connectivity index (χ2v) is 5.63. The number of carbonyl (C=O) groups is 2. The summed E-state index contributed by atoms with van der Waals surface area (Å²) in [7, 11) is 0. The number of benzene rings is 1. The van der Waals surface area contributed by atoms with Gasteiger partial charge < -0.3 is 15.4 Å². The van der Waals surface area contributed by atoms with Crippen LogP contribution >= 0.6 is 0 Å². The summed E-state index contributed by atoms with van der Waals surface area (Å²) in [5.74, 6) is 0.678. The molecule has 134 valence electrons. The van der Waals surface area contributed by atoms with E-state index in [2.05, 4.69) is 26.2 Å². The van der Waals surface area contributed by atoms with Crippen molar-refractivity contribution in [3.8, 4) is 5.75 Å². The van der Waals surface area contributed by atoms with Crippen LogP contribution in [0.3, 0.4) is 0 Å². The van der Waals surface area contributed by atoms with E-state index >= 15 is 0 Å². The van der Waals surface area contributed by atoms with Crippen molar-refractivity contribution in [2.75, 3.05) is 6.54 Å². The summed E-state index contributed by atoms with van der Waals surface area (Å²) in [4.78, 5) is 23.5. The molecular weight excluding hydrogens is 324 g/mol. The number of hydrogen-bond donors (Lipinski definition) is 2. The van der Waals surface area contributed by atoms with Gasteiger partial charge in [-0.1, -0.05) is 0 Å². The molecule has 0 saturated heterocycles. The zero-order chi connectivity index (χ0) is 18.2. The van der Waals surface area contributed by atoms with E-state index in [1.165, 1.54) is 0 Å². The number of rotatable bonds is 8. The number of amides is 2. The molecule has 1 aromatic carbocycles. The Hall–Kier alpha value is -2.97. The first kappa shape index (κ1) is 18.4. The van der Waals surface area contributed by atoms with Gasteiger partial charge in [0.05, 0.1) is 6.54 Å². The van der Waals surface area contributed by atoms with Crippen molar-refractivity contribution < 1.29 is 14.3 Å². The predicted molar refractivity (Wildman–Crippen MR) is 89.9 cm³/mol. The van der Waals surface area contributed by atoms with Crippen LogP contribution in [0.15, 0.2) is 24.3 Å². The monoisotopic (exact) mass is 346 g/mol. The van der Waals surface area contributed by atoms with E-state index in [4.69, 9.17) is 4.74 Å². The fraction of sp³-hybridized carbons (Fsp3) is 0.438. The molecule has 0 atom stereocenters. The highest BCUT2D eigenvalue weighted by Gasteiger charge is 2.09. The Kier molecular flexibility index (Phi) is 6.44. The molecule has 2 rings (SSSR count). The molecule has 0 saturated carbocycles. The minimum Gasteiger partial charge on any atom is -0.486 e. The molecular formula is C16H22N6O3. The average Bonchev–Trinajstić information content (AvgIpc) is 3.05. The fourth-order valence-corrected chi connectivity index (χ4v) is 2.06. The zero-order valence-electron chi connectivity index (χ0n) is 14.5. The number of nitrogens with one attached hydrogen (secondary N) is 2. The van der Waals surface area contributed by atoms with Crippen molar-refractivity contribution in [1.82, 2.24) is 30.8 Å². The van der Waals surface area contributed by atoms with Crippen molar-refractivity contribution in [2.24, 2.45) is 0 Å². The molecule has 9 heteroatoms. The third-order valence-corrected chi connectivity index (χ3v) is 3.25. The lowest BCUT2D eigenvalue weighted by atomic mass is 10.2. The van der Waals surface area contributed by atoms with Gasteiger partial charge in [0.25, 0.3) is 5.91 Å². The van der Waals surface area contributed by atoms with E-state index < -0.39 is 0 Å². The van der Waals surface area contributed by atoms with E-state index in [0.717, 1.165) is 0 Å². The van der Waals surface area contributed by atoms with Crippen molar-refractivity contribution in [3.05, 3.63) is 35.7 Å². The van der Waals surface area contributed by atoms with Crippen LogP contribution in [0.25, 0.3) is 0 Å². The molecule has 9 nitrogen and oxygen atoms in total. The maximum atomic E-state index is 12.0. The summed E-state index contributed by atoms with van der Waals surface area (Å²) in [6, 6.07) is 6.67. The van der Waals surface area contributed by atoms with Gasteiger partial charge in [-0.3, -0.25) is 9.59 Å². The van der Waals surface area contributed by atoms with Gasteiger partial charge in [0, 0.05) is 18.2 Å². The van der Waals surface area contributed by atoms with E-state index in [9.17, 15) is 9.59 Å². The van der Waals surface area contributed by atoms with Crippen molar-refractivity contribution in [3.63, 3.8) is 0 Å². The fourth-order valence-electron chi connectivity index (χ4n) is 2.06. The van der Waals surface area contributed by atoms with Gasteiger partial charge in [-0.05, 0) is 55.5 Å². The van der Waals surface area contributed by atoms with Gasteiger partial charge in [0.1, 0.15) is 12.4 Å². The summed E-state index contributed by atoms with van der Waals surface area (Å²) in [6.45, 7) is 6.50. The minimum absolute atomic E-state index is 0.0366. The van der Waals surface area contributed by atoms with Crippen LogP contribution in [0.2, 0.25) is 0 Å². The van der Waals surface area contributed by atoms with Gasteiger partial charge in [-0.2, -0.15) is 0 Å². The maximum absolute atomic E-state index is 12.0. The van der Waals surface area contributed by atoms with Crippen LogP contribution in [0.5, 0.6) is 5.75 Å². The van der Waals surface area contributed by atoms with Crippen LogP contribution in [0.1, 0.15) is 37.0 Å². The molecule has 2 amide bonds. The molecule has 0 unspecified atom stereocenters. The Morgan fingerprint density at radius 2 is 1.96 bits per heavy atom. The van der Waals surface area contributed by atoms with Crippen molar-refractivity contribution >= 4 is 11.8 Å². The number of hydrogen-bond acceptors (Lipinski definition) is 6. The summed E-state index contributed by atoms with van der Waals surface area (Å²) >= 11 is 0. The topological polar surface area (TPSA) is 111 Å². The van der Waals surface area contributed by atoms with Gasteiger partial charge in [-0.25, -0.2) is 4.68 Å². The second-order valence-electron chi connectivity index (χ2n) is 5.63. The molecule has 25 heavy (non-hydrogen) atoms. The SMILES string of the molecule is CCn1nnnc1COc1ccc(C(=O)NCC(=O)NC(C)C)cc1. The first-order valence-corrected chi connectivity index (χ1v) is 8.05. The van der Waals surface area contributed by atoms with E-state index in [1.807, 2.05) is 20.8 Å². The molecule has 0 fully saturated rings. The van der Waals surface area contributed by atoms with Gasteiger partial charge in [0.2, 0.25) is 5.91 Å². The van der Waals surface area contributed by atoms with Crippen LogP contribution in [0.4, 0.5) is 0 Å². The minimum atomic E-state index is -0.319. The number of tetrazole rings is 1. The van der Waals surface area contributed by atoms with Crippen LogP contribution in [-0.2, 0) is 17.9 Å². The molecule has 1 heterocycles. The average molecular weight is 346 g/mol. The number of aromatic nitrogens is 4. The molecule has 1 aromatic heterocycles. The van der Waals surface area contributed by atoms with Crippen molar-refractivity contribution in [2.45, 2.75) is 40.0 Å². The highest BCUT2D eigenvalue weighted by atomic mass is 16.5. The van der Waals surface area contributed by atoms with Gasteiger partial charge in [0.15, 0.2) is 5.82 Å². The Morgan fingerprint density at radius 3 is 2.60 bits per heavy atom. The third kappa shape index (κ3) is 5.55. The predicted octanol–water partition coefficient (Wildman–Crippen LogP) is 0.526. The quantitative estimate of drug-likeness (QED) is 0.721.